The third-order valence-electron chi connectivity index (χ3n) is 4.17. The molecule has 0 aliphatic heterocycles. The van der Waals surface area contributed by atoms with Crippen LogP contribution in [0.25, 0.3) is 16.9 Å². The zero-order chi connectivity index (χ0) is 19.7. The van der Waals surface area contributed by atoms with Crippen molar-refractivity contribution in [1.29, 1.82) is 0 Å². The first kappa shape index (κ1) is 18.2. The molecule has 1 aromatic carbocycles. The molecule has 4 rings (SSSR count). The monoisotopic (exact) mass is 403 g/mol. The number of anilines is 1. The molecule has 0 fully saturated rings. The number of halogens is 4. The van der Waals surface area contributed by atoms with Crippen molar-refractivity contribution in [2.75, 3.05) is 5.32 Å². The first-order chi connectivity index (χ1) is 13.4. The molecular formula is C19H13ClF3N5. The Morgan fingerprint density at radius 3 is 2.57 bits per heavy atom. The summed E-state index contributed by atoms with van der Waals surface area (Å²) in [5, 5.41) is 7.75. The molecule has 0 saturated heterocycles. The third kappa shape index (κ3) is 3.63. The van der Waals surface area contributed by atoms with Gasteiger partial charge in [-0.1, -0.05) is 11.6 Å². The molecule has 28 heavy (non-hydrogen) atoms. The van der Waals surface area contributed by atoms with Crippen molar-refractivity contribution < 1.29 is 13.2 Å². The van der Waals surface area contributed by atoms with Crippen molar-refractivity contribution >= 4 is 23.1 Å². The lowest BCUT2D eigenvalue weighted by Gasteiger charge is -2.12. The van der Waals surface area contributed by atoms with Gasteiger partial charge in [-0.25, -0.2) is 9.50 Å². The van der Waals surface area contributed by atoms with E-state index in [1.54, 1.807) is 35.2 Å². The minimum Gasteiger partial charge on any atom is -0.364 e. The Balaban J connectivity index is 1.61. The lowest BCUT2D eigenvalue weighted by Crippen LogP contribution is -2.08. The van der Waals surface area contributed by atoms with Crippen LogP contribution in [0.2, 0.25) is 5.02 Å². The summed E-state index contributed by atoms with van der Waals surface area (Å²) in [7, 11) is 0. The maximum Gasteiger partial charge on any atom is 0.416 e. The summed E-state index contributed by atoms with van der Waals surface area (Å²) in [6.07, 6.45) is 0.622. The molecule has 0 atom stereocenters. The molecule has 0 aliphatic rings. The van der Waals surface area contributed by atoms with Crippen LogP contribution in [0, 0.1) is 0 Å². The standard InChI is InChI=1S/C19H13ClF3N5/c20-15-2-1-14(19(21,22)23)9-13(15)10-25-17-3-4-18-26-11-16(28(18)27-17)12-5-7-24-8-6-12/h1-9,11H,10H2,(H,25,27). The fourth-order valence-electron chi connectivity index (χ4n) is 2.76. The first-order valence-corrected chi connectivity index (χ1v) is 8.64. The van der Waals surface area contributed by atoms with Crippen LogP contribution in [0.3, 0.4) is 0 Å². The van der Waals surface area contributed by atoms with Crippen molar-refractivity contribution in [2.24, 2.45) is 0 Å². The molecule has 0 radical (unpaired) electrons. The number of hydrogen-bond donors (Lipinski definition) is 1. The van der Waals surface area contributed by atoms with Gasteiger partial charge >= 0.3 is 6.18 Å². The normalized spacial score (nSPS) is 11.7. The predicted molar refractivity (Wildman–Crippen MR) is 100.0 cm³/mol. The Labute approximate surface area is 162 Å². The van der Waals surface area contributed by atoms with Gasteiger partial charge in [0, 0.05) is 29.5 Å². The number of rotatable bonds is 4. The lowest BCUT2D eigenvalue weighted by atomic mass is 10.1. The molecule has 0 aliphatic carbocycles. The van der Waals surface area contributed by atoms with Crippen LogP contribution in [0.15, 0.2) is 61.1 Å². The van der Waals surface area contributed by atoms with Gasteiger partial charge in [-0.2, -0.15) is 13.2 Å². The predicted octanol–water partition coefficient (Wildman–Crippen LogP) is 5.08. The van der Waals surface area contributed by atoms with Crippen LogP contribution in [0.5, 0.6) is 0 Å². The number of hydrogen-bond acceptors (Lipinski definition) is 4. The summed E-state index contributed by atoms with van der Waals surface area (Å²) < 4.78 is 40.4. The quantitative estimate of drug-likeness (QED) is 0.516. The second kappa shape index (κ2) is 7.12. The number of benzene rings is 1. The van der Waals surface area contributed by atoms with Crippen LogP contribution in [0.1, 0.15) is 11.1 Å². The Hall–Kier alpha value is -3.13. The van der Waals surface area contributed by atoms with Crippen LogP contribution in [0.4, 0.5) is 19.0 Å². The molecule has 142 valence electrons. The number of pyridine rings is 1. The summed E-state index contributed by atoms with van der Waals surface area (Å²) in [5.74, 6) is 0.481. The average Bonchev–Trinajstić information content (AvgIpc) is 3.10. The van der Waals surface area contributed by atoms with E-state index >= 15 is 0 Å². The number of nitrogens with one attached hydrogen (secondary N) is 1. The van der Waals surface area contributed by atoms with Crippen molar-refractivity contribution in [3.8, 4) is 11.3 Å². The van der Waals surface area contributed by atoms with E-state index in [4.69, 9.17) is 11.6 Å². The Morgan fingerprint density at radius 2 is 1.82 bits per heavy atom. The number of imidazole rings is 1. The van der Waals surface area contributed by atoms with Crippen molar-refractivity contribution in [2.45, 2.75) is 12.7 Å². The van der Waals surface area contributed by atoms with Gasteiger partial charge in [0.25, 0.3) is 0 Å². The molecule has 9 heteroatoms. The van der Waals surface area contributed by atoms with E-state index in [1.165, 1.54) is 6.07 Å². The van der Waals surface area contributed by atoms with E-state index in [-0.39, 0.29) is 11.6 Å². The van der Waals surface area contributed by atoms with Gasteiger partial charge in [0.1, 0.15) is 5.82 Å². The summed E-state index contributed by atoms with van der Waals surface area (Å²) in [6, 6.07) is 10.4. The van der Waals surface area contributed by atoms with Crippen LogP contribution >= 0.6 is 11.6 Å². The minimum atomic E-state index is -4.42. The zero-order valence-corrected chi connectivity index (χ0v) is 15.0. The molecular weight excluding hydrogens is 391 g/mol. The van der Waals surface area contributed by atoms with Crippen LogP contribution < -0.4 is 5.32 Å². The van der Waals surface area contributed by atoms with Gasteiger partial charge in [0.2, 0.25) is 0 Å². The summed E-state index contributed by atoms with van der Waals surface area (Å²) >= 11 is 6.05. The number of fused-ring (bicyclic) bond motifs is 1. The maximum atomic E-state index is 12.9. The van der Waals surface area contributed by atoms with E-state index < -0.39 is 11.7 Å². The zero-order valence-electron chi connectivity index (χ0n) is 14.3. The highest BCUT2D eigenvalue weighted by Gasteiger charge is 2.30. The van der Waals surface area contributed by atoms with E-state index in [0.717, 1.165) is 23.4 Å². The van der Waals surface area contributed by atoms with Gasteiger partial charge in [-0.3, -0.25) is 4.98 Å². The summed E-state index contributed by atoms with van der Waals surface area (Å²) in [5.41, 5.74) is 1.91. The van der Waals surface area contributed by atoms with Gasteiger partial charge in [0.15, 0.2) is 5.65 Å². The Morgan fingerprint density at radius 1 is 1.04 bits per heavy atom. The number of aromatic nitrogens is 4. The highest BCUT2D eigenvalue weighted by atomic mass is 35.5. The van der Waals surface area contributed by atoms with Crippen LogP contribution in [-0.4, -0.2) is 19.6 Å². The van der Waals surface area contributed by atoms with E-state index in [1.807, 2.05) is 12.1 Å². The van der Waals surface area contributed by atoms with E-state index in [0.29, 0.717) is 17.0 Å². The van der Waals surface area contributed by atoms with Crippen molar-refractivity contribution in [3.63, 3.8) is 0 Å². The highest BCUT2D eigenvalue weighted by Crippen LogP contribution is 2.32. The second-order valence-electron chi connectivity index (χ2n) is 6.03. The molecule has 0 saturated carbocycles. The largest absolute Gasteiger partial charge is 0.416 e. The molecule has 0 spiro atoms. The summed E-state index contributed by atoms with van der Waals surface area (Å²) in [4.78, 5) is 8.31. The fraction of sp³-hybridized carbons (Fsp3) is 0.105. The molecule has 3 heterocycles. The third-order valence-corrected chi connectivity index (χ3v) is 4.54. The topological polar surface area (TPSA) is 55.1 Å². The Kier molecular flexibility index (Phi) is 4.64. The second-order valence-corrected chi connectivity index (χ2v) is 6.43. The molecule has 1 N–H and O–H groups in total. The molecule has 0 amide bonds. The van der Waals surface area contributed by atoms with Crippen molar-refractivity contribution in [1.82, 2.24) is 19.6 Å². The lowest BCUT2D eigenvalue weighted by molar-refractivity contribution is -0.137. The van der Waals surface area contributed by atoms with E-state index in [9.17, 15) is 13.2 Å². The fourth-order valence-corrected chi connectivity index (χ4v) is 2.94. The molecule has 5 nitrogen and oxygen atoms in total. The minimum absolute atomic E-state index is 0.0978. The summed E-state index contributed by atoms with van der Waals surface area (Å²) in [6.45, 7) is 0.0978. The van der Waals surface area contributed by atoms with Gasteiger partial charge in [-0.15, -0.1) is 5.10 Å². The molecule has 0 bridgehead atoms. The molecule has 3 aromatic heterocycles. The van der Waals surface area contributed by atoms with Crippen molar-refractivity contribution in [3.05, 3.63) is 77.2 Å². The molecule has 0 unspecified atom stereocenters. The van der Waals surface area contributed by atoms with Gasteiger partial charge in [0.05, 0.1) is 17.5 Å². The average molecular weight is 404 g/mol. The highest BCUT2D eigenvalue weighted by molar-refractivity contribution is 6.31. The maximum absolute atomic E-state index is 12.9. The smallest absolute Gasteiger partial charge is 0.364 e. The van der Waals surface area contributed by atoms with Crippen LogP contribution in [-0.2, 0) is 12.7 Å². The Bertz CT molecular complexity index is 1130. The molecule has 4 aromatic rings. The van der Waals surface area contributed by atoms with Gasteiger partial charge in [-0.05, 0) is 48.0 Å². The van der Waals surface area contributed by atoms with Gasteiger partial charge < -0.3 is 5.32 Å². The first-order valence-electron chi connectivity index (χ1n) is 8.26. The number of nitrogens with zero attached hydrogens (tertiary/aromatic N) is 4. The van der Waals surface area contributed by atoms with E-state index in [2.05, 4.69) is 20.4 Å². The SMILES string of the molecule is FC(F)(F)c1ccc(Cl)c(CNc2ccc3ncc(-c4ccncc4)n3n2)c1. The number of alkyl halides is 3.